The van der Waals surface area contributed by atoms with E-state index in [1.165, 1.54) is 0 Å². The number of nitrogen functional groups attached to an aromatic ring is 2. The Morgan fingerprint density at radius 3 is 1.74 bits per heavy atom. The fraction of sp³-hybridized carbons (Fsp3) is 0.333. The van der Waals surface area contributed by atoms with Crippen molar-refractivity contribution in [3.05, 3.63) is 29.0 Å². The highest BCUT2D eigenvalue weighted by molar-refractivity contribution is 6.33. The number of halogens is 12. The van der Waals surface area contributed by atoms with Crippen LogP contribution >= 0.6 is 11.6 Å². The van der Waals surface area contributed by atoms with Crippen molar-refractivity contribution in [1.82, 2.24) is 0 Å². The first-order valence-electron chi connectivity index (χ1n) is 6.16. The Kier molecular flexibility index (Phi) is 5.77. The predicted molar refractivity (Wildman–Crippen MR) is 71.0 cm³/mol. The van der Waals surface area contributed by atoms with Crippen LogP contribution in [-0.4, -0.2) is 23.9 Å². The van der Waals surface area contributed by atoms with Crippen LogP contribution in [0, 0.1) is 0 Å². The maximum Gasteiger partial charge on any atom is 0.460 e. The maximum absolute atomic E-state index is 13.4. The molecule has 0 radical (unpaired) electrons. The van der Waals surface area contributed by atoms with Crippen LogP contribution in [0.4, 0.5) is 59.7 Å². The fourth-order valence-electron chi connectivity index (χ4n) is 1.45. The second kappa shape index (κ2) is 6.80. The van der Waals surface area contributed by atoms with Gasteiger partial charge in [0.2, 0.25) is 5.83 Å². The van der Waals surface area contributed by atoms with Gasteiger partial charge in [-0.1, -0.05) is 11.6 Å². The van der Waals surface area contributed by atoms with Crippen molar-refractivity contribution in [3.8, 4) is 5.75 Å². The first-order chi connectivity index (χ1) is 11.9. The van der Waals surface area contributed by atoms with Gasteiger partial charge in [-0.15, -0.1) is 0 Å². The number of rotatable bonds is 5. The number of hydrogen-bond donors (Lipinski definition) is 2. The first-order valence-corrected chi connectivity index (χ1v) is 6.54. The van der Waals surface area contributed by atoms with Gasteiger partial charge in [-0.05, 0) is 6.07 Å². The van der Waals surface area contributed by atoms with Crippen molar-refractivity contribution in [1.29, 1.82) is 0 Å². The fourth-order valence-corrected chi connectivity index (χ4v) is 1.62. The Labute approximate surface area is 147 Å². The molecule has 0 bridgehead atoms. The summed E-state index contributed by atoms with van der Waals surface area (Å²) in [5.41, 5.74) is 9.27. The average Bonchev–Trinajstić information content (AvgIpc) is 2.50. The van der Waals surface area contributed by atoms with Crippen molar-refractivity contribution in [2.24, 2.45) is 0 Å². The van der Waals surface area contributed by atoms with Crippen LogP contribution in [0.25, 0.3) is 0 Å². The number of alkyl halides is 9. The van der Waals surface area contributed by atoms with Crippen molar-refractivity contribution in [2.75, 3.05) is 11.5 Å². The molecule has 4 N–H and O–H groups in total. The SMILES string of the molecule is Nc1cc(OC(F)=C(F)C(F)(F)C(F)(F)C(F)(F)C(F)(F)F)c(N)cc1Cl. The molecule has 27 heavy (non-hydrogen) atoms. The van der Waals surface area contributed by atoms with E-state index >= 15 is 0 Å². The van der Waals surface area contributed by atoms with Crippen LogP contribution in [0.5, 0.6) is 5.75 Å². The van der Waals surface area contributed by atoms with Gasteiger partial charge in [-0.25, -0.2) is 0 Å². The molecule has 0 aliphatic heterocycles. The predicted octanol–water partition coefficient (Wildman–Crippen LogP) is 5.46. The van der Waals surface area contributed by atoms with E-state index in [-0.39, 0.29) is 5.02 Å². The zero-order chi connectivity index (χ0) is 21.6. The molecular formula is C12H6ClF11N2O. The van der Waals surface area contributed by atoms with E-state index in [0.717, 1.165) is 6.07 Å². The third-order valence-electron chi connectivity index (χ3n) is 2.92. The highest BCUT2D eigenvalue weighted by atomic mass is 35.5. The van der Waals surface area contributed by atoms with E-state index in [2.05, 4.69) is 4.74 Å². The molecule has 0 aliphatic carbocycles. The Hall–Kier alpha value is -2.12. The van der Waals surface area contributed by atoms with Gasteiger partial charge in [0.05, 0.1) is 16.4 Å². The number of hydrogen-bond acceptors (Lipinski definition) is 3. The number of anilines is 2. The zero-order valence-electron chi connectivity index (χ0n) is 12.3. The number of nitrogens with two attached hydrogens (primary N) is 2. The molecule has 1 rings (SSSR count). The van der Waals surface area contributed by atoms with E-state index in [4.69, 9.17) is 23.1 Å². The van der Waals surface area contributed by atoms with Crippen LogP contribution in [-0.2, 0) is 0 Å². The summed E-state index contributed by atoms with van der Waals surface area (Å²) in [6.07, 6.45) is -7.20. The minimum Gasteiger partial charge on any atom is -0.427 e. The lowest BCUT2D eigenvalue weighted by atomic mass is 10.0. The summed E-state index contributed by atoms with van der Waals surface area (Å²) in [5.74, 6) is -26.9. The topological polar surface area (TPSA) is 61.3 Å². The molecule has 0 aliphatic rings. The Balaban J connectivity index is 3.39. The number of allylic oxidation sites excluding steroid dienone is 1. The van der Waals surface area contributed by atoms with Crippen molar-refractivity contribution in [3.63, 3.8) is 0 Å². The van der Waals surface area contributed by atoms with Crippen LogP contribution in [0.2, 0.25) is 5.02 Å². The van der Waals surface area contributed by atoms with Gasteiger partial charge in [0.25, 0.3) is 0 Å². The lowest BCUT2D eigenvalue weighted by molar-refractivity contribution is -0.392. The molecule has 0 spiro atoms. The van der Waals surface area contributed by atoms with Crippen LogP contribution < -0.4 is 16.2 Å². The third kappa shape index (κ3) is 3.80. The van der Waals surface area contributed by atoms with E-state index in [9.17, 15) is 48.3 Å². The standard InChI is InChI=1S/C12H6ClF11N2O/c13-3-1-5(26)6(2-4(3)25)27-8(15)7(14)9(16,17)10(18,19)11(20,21)12(22,23)24/h1-2H,25-26H2. The minimum atomic E-state index is -7.41. The molecule has 0 amide bonds. The molecule has 0 saturated heterocycles. The monoisotopic (exact) mass is 438 g/mol. The summed E-state index contributed by atoms with van der Waals surface area (Å²) in [6.45, 7) is 0. The molecule has 0 heterocycles. The molecule has 0 atom stereocenters. The van der Waals surface area contributed by atoms with E-state index in [1.54, 1.807) is 0 Å². The summed E-state index contributed by atoms with van der Waals surface area (Å²) in [5, 5.41) is -0.272. The number of benzene rings is 1. The summed E-state index contributed by atoms with van der Waals surface area (Å²) < 4.78 is 144. The van der Waals surface area contributed by atoms with Crippen LogP contribution in [0.3, 0.4) is 0 Å². The molecule has 0 saturated carbocycles. The van der Waals surface area contributed by atoms with E-state index < -0.39 is 52.9 Å². The Morgan fingerprint density at radius 2 is 1.30 bits per heavy atom. The van der Waals surface area contributed by atoms with Gasteiger partial charge >= 0.3 is 30.0 Å². The van der Waals surface area contributed by atoms with Crippen molar-refractivity contribution >= 4 is 23.0 Å². The third-order valence-corrected chi connectivity index (χ3v) is 3.25. The summed E-state index contributed by atoms with van der Waals surface area (Å²) in [4.78, 5) is 0. The van der Waals surface area contributed by atoms with Gasteiger partial charge < -0.3 is 16.2 Å². The molecule has 15 heteroatoms. The maximum atomic E-state index is 13.4. The highest BCUT2D eigenvalue weighted by Crippen LogP contribution is 2.55. The first kappa shape index (κ1) is 22.9. The average molecular weight is 439 g/mol. The van der Waals surface area contributed by atoms with Gasteiger partial charge in [0.1, 0.15) is 0 Å². The van der Waals surface area contributed by atoms with Crippen molar-refractivity contribution in [2.45, 2.75) is 23.9 Å². The lowest BCUT2D eigenvalue weighted by Gasteiger charge is -2.32. The van der Waals surface area contributed by atoms with Crippen LogP contribution in [0.1, 0.15) is 0 Å². The molecule has 0 aromatic heterocycles. The molecule has 0 fully saturated rings. The van der Waals surface area contributed by atoms with Gasteiger partial charge in [0, 0.05) is 6.07 Å². The molecular weight excluding hydrogens is 433 g/mol. The molecule has 1 aromatic rings. The second-order valence-corrected chi connectivity index (χ2v) is 5.23. The molecule has 0 unspecified atom stereocenters. The normalized spacial score (nSPS) is 14.8. The Bertz CT molecular complexity index is 760. The van der Waals surface area contributed by atoms with E-state index in [1.807, 2.05) is 0 Å². The van der Waals surface area contributed by atoms with Crippen LogP contribution in [0.15, 0.2) is 24.0 Å². The highest BCUT2D eigenvalue weighted by Gasteiger charge is 2.83. The summed E-state index contributed by atoms with van der Waals surface area (Å²) in [7, 11) is 0. The zero-order valence-corrected chi connectivity index (χ0v) is 13.0. The van der Waals surface area contributed by atoms with Gasteiger partial charge in [-0.2, -0.15) is 48.3 Å². The number of ether oxygens (including phenoxy) is 1. The smallest absolute Gasteiger partial charge is 0.427 e. The molecule has 1 aromatic carbocycles. The molecule has 154 valence electrons. The molecule has 3 nitrogen and oxygen atoms in total. The van der Waals surface area contributed by atoms with E-state index in [0.29, 0.717) is 6.07 Å². The van der Waals surface area contributed by atoms with Crippen molar-refractivity contribution < 1.29 is 53.0 Å². The lowest BCUT2D eigenvalue weighted by Crippen LogP contribution is -2.61. The quantitative estimate of drug-likeness (QED) is 0.365. The largest absolute Gasteiger partial charge is 0.460 e. The minimum absolute atomic E-state index is 0.272. The summed E-state index contributed by atoms with van der Waals surface area (Å²) in [6, 6.07) is -2.00. The summed E-state index contributed by atoms with van der Waals surface area (Å²) >= 11 is 5.46. The Morgan fingerprint density at radius 1 is 0.815 bits per heavy atom. The van der Waals surface area contributed by atoms with Gasteiger partial charge in [-0.3, -0.25) is 0 Å². The second-order valence-electron chi connectivity index (χ2n) is 4.82. The van der Waals surface area contributed by atoms with Gasteiger partial charge in [0.15, 0.2) is 5.75 Å².